The molecule has 90 valence electrons. The zero-order chi connectivity index (χ0) is 12.0. The van der Waals surface area contributed by atoms with Gasteiger partial charge in [0, 0.05) is 5.39 Å². The predicted octanol–water partition coefficient (Wildman–Crippen LogP) is 2.87. The lowest BCUT2D eigenvalue weighted by Crippen LogP contribution is -2.31. The lowest BCUT2D eigenvalue weighted by molar-refractivity contribution is -0.0268. The zero-order valence-corrected chi connectivity index (χ0v) is 9.98. The van der Waals surface area contributed by atoms with Crippen LogP contribution in [0, 0.1) is 5.82 Å². The molecule has 17 heavy (non-hydrogen) atoms. The van der Waals surface area contributed by atoms with Crippen molar-refractivity contribution in [3.8, 4) is 0 Å². The highest BCUT2D eigenvalue weighted by atomic mass is 19.1. The highest BCUT2D eigenvalue weighted by Crippen LogP contribution is 2.29. The van der Waals surface area contributed by atoms with Crippen molar-refractivity contribution in [2.75, 3.05) is 13.2 Å². The molecule has 1 fully saturated rings. The number of hydrogen-bond acceptors (Lipinski definition) is 2. The third-order valence-electron chi connectivity index (χ3n) is 3.21. The van der Waals surface area contributed by atoms with Gasteiger partial charge in [-0.15, -0.1) is 0 Å². The quantitative estimate of drug-likeness (QED) is 0.799. The Morgan fingerprint density at radius 3 is 2.76 bits per heavy atom. The molecule has 0 N–H and O–H groups in total. The maximum absolute atomic E-state index is 13.3. The summed E-state index contributed by atoms with van der Waals surface area (Å²) in [4.78, 5) is 0. The first-order valence-electron chi connectivity index (χ1n) is 5.92. The van der Waals surface area contributed by atoms with Crippen LogP contribution in [0.1, 0.15) is 31.5 Å². The van der Waals surface area contributed by atoms with Gasteiger partial charge in [0.2, 0.25) is 0 Å². The van der Waals surface area contributed by atoms with Crippen molar-refractivity contribution in [2.24, 2.45) is 0 Å². The van der Waals surface area contributed by atoms with Gasteiger partial charge in [0.15, 0.2) is 0 Å². The average Bonchev–Trinajstić information content (AvgIpc) is 2.55. The third-order valence-corrected chi connectivity index (χ3v) is 3.21. The summed E-state index contributed by atoms with van der Waals surface area (Å²) in [5, 5.41) is 5.67. The van der Waals surface area contributed by atoms with Crippen LogP contribution in [0.2, 0.25) is 0 Å². The number of hydrogen-bond donors (Lipinski definition) is 0. The monoisotopic (exact) mass is 234 g/mol. The van der Waals surface area contributed by atoms with Crippen LogP contribution in [0.3, 0.4) is 0 Å². The minimum absolute atomic E-state index is 0.214. The van der Waals surface area contributed by atoms with Gasteiger partial charge in [-0.2, -0.15) is 5.10 Å². The second kappa shape index (κ2) is 3.81. The Morgan fingerprint density at radius 2 is 2.18 bits per heavy atom. The molecule has 2 heterocycles. The number of benzene rings is 1. The molecule has 1 saturated heterocycles. The number of rotatable bonds is 2. The van der Waals surface area contributed by atoms with Gasteiger partial charge in [-0.1, -0.05) is 13.8 Å². The summed E-state index contributed by atoms with van der Waals surface area (Å²) in [7, 11) is 0. The van der Waals surface area contributed by atoms with E-state index < -0.39 is 0 Å². The summed E-state index contributed by atoms with van der Waals surface area (Å²) in [5.74, 6) is 0.124. The predicted molar refractivity (Wildman–Crippen MR) is 63.6 cm³/mol. The van der Waals surface area contributed by atoms with Crippen LogP contribution >= 0.6 is 0 Å². The van der Waals surface area contributed by atoms with Crippen molar-refractivity contribution >= 4 is 10.9 Å². The highest BCUT2D eigenvalue weighted by Gasteiger charge is 2.25. The molecule has 0 spiro atoms. The fraction of sp³-hybridized carbons (Fsp3) is 0.462. The summed E-state index contributed by atoms with van der Waals surface area (Å²) in [5.41, 5.74) is 1.91. The molecule has 0 atom stereocenters. The van der Waals surface area contributed by atoms with E-state index in [0.29, 0.717) is 19.1 Å². The van der Waals surface area contributed by atoms with E-state index >= 15 is 0 Å². The Hall–Kier alpha value is -1.42. The Kier molecular flexibility index (Phi) is 2.40. The standard InChI is InChI=1S/C13H15FN2O/c1-8(2)13-11-4-3-9(14)5-12(11)16(15-13)10-6-17-7-10/h3-5,8,10H,6-7H2,1-2H3. The number of nitrogens with zero attached hydrogens (tertiary/aromatic N) is 2. The second-order valence-corrected chi connectivity index (χ2v) is 4.84. The number of ether oxygens (including phenoxy) is 1. The highest BCUT2D eigenvalue weighted by molar-refractivity contribution is 5.82. The fourth-order valence-corrected chi connectivity index (χ4v) is 2.20. The number of halogens is 1. The van der Waals surface area contributed by atoms with E-state index in [-0.39, 0.29) is 11.9 Å². The molecule has 3 rings (SSSR count). The summed E-state index contributed by atoms with van der Waals surface area (Å²) in [6.07, 6.45) is 0. The van der Waals surface area contributed by atoms with Crippen molar-refractivity contribution in [2.45, 2.75) is 25.8 Å². The molecule has 1 aliphatic rings. The van der Waals surface area contributed by atoms with E-state index in [1.165, 1.54) is 6.07 Å². The van der Waals surface area contributed by atoms with Crippen molar-refractivity contribution in [1.29, 1.82) is 0 Å². The van der Waals surface area contributed by atoms with Gasteiger partial charge in [0.05, 0.1) is 30.5 Å². The molecule has 0 radical (unpaired) electrons. The van der Waals surface area contributed by atoms with Gasteiger partial charge in [0.25, 0.3) is 0 Å². The molecule has 1 aromatic heterocycles. The summed E-state index contributed by atoms with van der Waals surface area (Å²) < 4.78 is 20.4. The third kappa shape index (κ3) is 1.63. The second-order valence-electron chi connectivity index (χ2n) is 4.84. The first kappa shape index (κ1) is 10.7. The van der Waals surface area contributed by atoms with E-state index in [2.05, 4.69) is 18.9 Å². The minimum Gasteiger partial charge on any atom is -0.377 e. The van der Waals surface area contributed by atoms with Gasteiger partial charge >= 0.3 is 0 Å². The SMILES string of the molecule is CC(C)c1nn(C2COC2)c2cc(F)ccc12. The molecule has 0 aliphatic carbocycles. The largest absolute Gasteiger partial charge is 0.377 e. The molecule has 0 saturated carbocycles. The van der Waals surface area contributed by atoms with Crippen molar-refractivity contribution < 1.29 is 9.13 Å². The lowest BCUT2D eigenvalue weighted by atomic mass is 10.1. The van der Waals surface area contributed by atoms with Crippen molar-refractivity contribution in [1.82, 2.24) is 9.78 Å². The van der Waals surface area contributed by atoms with E-state index in [9.17, 15) is 4.39 Å². The molecule has 0 bridgehead atoms. The van der Waals surface area contributed by atoms with Crippen LogP contribution in [-0.4, -0.2) is 23.0 Å². The maximum atomic E-state index is 13.3. The van der Waals surface area contributed by atoms with Gasteiger partial charge in [-0.05, 0) is 24.1 Å². The van der Waals surface area contributed by atoms with E-state index in [1.807, 2.05) is 10.7 Å². The Balaban J connectivity index is 2.22. The van der Waals surface area contributed by atoms with Crippen molar-refractivity contribution in [3.63, 3.8) is 0 Å². The first-order chi connectivity index (χ1) is 8.16. The molecule has 3 nitrogen and oxygen atoms in total. The Bertz CT molecular complexity index is 558. The molecule has 1 aliphatic heterocycles. The van der Waals surface area contributed by atoms with Crippen LogP contribution in [0.25, 0.3) is 10.9 Å². The molecule has 1 aromatic carbocycles. The van der Waals surface area contributed by atoms with Gasteiger partial charge in [0.1, 0.15) is 5.82 Å². The van der Waals surface area contributed by atoms with Crippen LogP contribution in [0.4, 0.5) is 4.39 Å². The molecular weight excluding hydrogens is 219 g/mol. The summed E-state index contributed by atoms with van der Waals surface area (Å²) in [6.45, 7) is 5.55. The van der Waals surface area contributed by atoms with Gasteiger partial charge < -0.3 is 4.74 Å². The van der Waals surface area contributed by atoms with E-state index in [0.717, 1.165) is 16.6 Å². The van der Waals surface area contributed by atoms with Crippen molar-refractivity contribution in [3.05, 3.63) is 29.7 Å². The minimum atomic E-state index is -0.214. The fourth-order valence-electron chi connectivity index (χ4n) is 2.20. The molecule has 0 amide bonds. The molecular formula is C13H15FN2O. The first-order valence-corrected chi connectivity index (χ1v) is 5.92. The maximum Gasteiger partial charge on any atom is 0.125 e. The topological polar surface area (TPSA) is 27.1 Å². The normalized spacial score (nSPS) is 16.7. The average molecular weight is 234 g/mol. The zero-order valence-electron chi connectivity index (χ0n) is 9.98. The number of fused-ring (bicyclic) bond motifs is 1. The molecule has 2 aromatic rings. The summed E-state index contributed by atoms with van der Waals surface area (Å²) in [6, 6.07) is 5.14. The van der Waals surface area contributed by atoms with E-state index in [1.54, 1.807) is 6.07 Å². The number of aromatic nitrogens is 2. The Morgan fingerprint density at radius 1 is 1.41 bits per heavy atom. The molecule has 0 unspecified atom stereocenters. The lowest BCUT2D eigenvalue weighted by Gasteiger charge is -2.26. The van der Waals surface area contributed by atoms with Crippen LogP contribution in [0.5, 0.6) is 0 Å². The van der Waals surface area contributed by atoms with E-state index in [4.69, 9.17) is 4.74 Å². The van der Waals surface area contributed by atoms with Crippen LogP contribution in [-0.2, 0) is 4.74 Å². The van der Waals surface area contributed by atoms with Crippen LogP contribution < -0.4 is 0 Å². The Labute approximate surface area is 99.2 Å². The molecule has 4 heteroatoms. The van der Waals surface area contributed by atoms with Crippen LogP contribution in [0.15, 0.2) is 18.2 Å². The van der Waals surface area contributed by atoms with Gasteiger partial charge in [-0.3, -0.25) is 4.68 Å². The van der Waals surface area contributed by atoms with Gasteiger partial charge in [-0.25, -0.2) is 4.39 Å². The summed E-state index contributed by atoms with van der Waals surface area (Å²) >= 11 is 0. The smallest absolute Gasteiger partial charge is 0.125 e.